The highest BCUT2D eigenvalue weighted by molar-refractivity contribution is 6.06. The predicted molar refractivity (Wildman–Crippen MR) is 101 cm³/mol. The zero-order valence-electron chi connectivity index (χ0n) is 15.1. The number of hydrogen-bond acceptors (Lipinski definition) is 4. The number of esters is 1. The van der Waals surface area contributed by atoms with Crippen molar-refractivity contribution in [3.05, 3.63) is 58.9 Å². The van der Waals surface area contributed by atoms with Gasteiger partial charge in [-0.15, -0.1) is 0 Å². The molecule has 2 N–H and O–H groups in total. The lowest BCUT2D eigenvalue weighted by molar-refractivity contribution is 0.0599. The molecule has 6 nitrogen and oxygen atoms in total. The molecule has 1 aromatic carbocycles. The number of anilines is 1. The van der Waals surface area contributed by atoms with Crippen molar-refractivity contribution in [3.63, 3.8) is 0 Å². The first-order valence-corrected chi connectivity index (χ1v) is 8.52. The molecule has 0 unspecified atom stereocenters. The number of methoxy groups -OCH3 is 1. The summed E-state index contributed by atoms with van der Waals surface area (Å²) in [4.78, 5) is 32.4. The van der Waals surface area contributed by atoms with Gasteiger partial charge in [0.2, 0.25) is 0 Å². The highest BCUT2D eigenvalue weighted by Crippen LogP contribution is 2.23. The minimum atomic E-state index is -0.440. The van der Waals surface area contributed by atoms with Gasteiger partial charge in [0.25, 0.3) is 5.91 Å². The van der Waals surface area contributed by atoms with Crippen molar-refractivity contribution >= 4 is 28.6 Å². The van der Waals surface area contributed by atoms with E-state index in [1.807, 2.05) is 37.3 Å². The number of aryl methyl sites for hydroxylation is 1. The van der Waals surface area contributed by atoms with Crippen LogP contribution in [0, 0.1) is 6.92 Å². The van der Waals surface area contributed by atoms with Crippen LogP contribution >= 0.6 is 0 Å². The van der Waals surface area contributed by atoms with Crippen LogP contribution in [-0.2, 0) is 11.2 Å². The van der Waals surface area contributed by atoms with E-state index in [0.29, 0.717) is 34.8 Å². The van der Waals surface area contributed by atoms with E-state index in [9.17, 15) is 9.59 Å². The number of hydrogen-bond donors (Lipinski definition) is 2. The Kier molecular flexibility index (Phi) is 5.02. The molecule has 1 amide bonds. The molecule has 0 fully saturated rings. The van der Waals surface area contributed by atoms with E-state index < -0.39 is 5.97 Å². The number of benzene rings is 1. The Morgan fingerprint density at radius 2 is 1.96 bits per heavy atom. The van der Waals surface area contributed by atoms with E-state index in [1.54, 1.807) is 13.0 Å². The molecule has 2 heterocycles. The first-order valence-electron chi connectivity index (χ1n) is 8.52. The monoisotopic (exact) mass is 351 g/mol. The van der Waals surface area contributed by atoms with Crippen molar-refractivity contribution in [2.45, 2.75) is 26.7 Å². The van der Waals surface area contributed by atoms with Crippen LogP contribution in [0.15, 0.2) is 36.4 Å². The van der Waals surface area contributed by atoms with Gasteiger partial charge in [-0.2, -0.15) is 0 Å². The number of H-pyrrole nitrogens is 1. The fourth-order valence-corrected chi connectivity index (χ4v) is 3.06. The number of aromatic nitrogens is 2. The number of aromatic amines is 1. The SMILES string of the molecule is CCCc1c(C(=O)Nc2ccc3ccccc3n2)[nH]c(C)c1C(=O)OC. The Morgan fingerprint density at radius 3 is 2.69 bits per heavy atom. The maximum atomic E-state index is 12.8. The normalized spacial score (nSPS) is 10.7. The Hall–Kier alpha value is -3.15. The number of rotatable bonds is 5. The van der Waals surface area contributed by atoms with Gasteiger partial charge in [0, 0.05) is 11.1 Å². The number of nitrogens with one attached hydrogen (secondary N) is 2. The summed E-state index contributed by atoms with van der Waals surface area (Å²) < 4.78 is 4.86. The minimum absolute atomic E-state index is 0.325. The second kappa shape index (κ2) is 7.39. The summed E-state index contributed by atoms with van der Waals surface area (Å²) in [5.74, 6) is -0.303. The molecule has 0 aliphatic carbocycles. The molecule has 0 aliphatic heterocycles. The van der Waals surface area contributed by atoms with E-state index in [0.717, 1.165) is 17.3 Å². The summed E-state index contributed by atoms with van der Waals surface area (Å²) in [6, 6.07) is 11.4. The van der Waals surface area contributed by atoms with Crippen molar-refractivity contribution in [1.29, 1.82) is 0 Å². The standard InChI is InChI=1S/C20H21N3O3/c1-4-7-14-17(20(25)26-3)12(2)21-18(14)19(24)23-16-11-10-13-8-5-6-9-15(13)22-16/h5-6,8-11,21H,4,7H2,1-3H3,(H,22,23,24). The molecule has 3 rings (SSSR count). The predicted octanol–water partition coefficient (Wildman–Crippen LogP) is 3.86. The molecule has 0 radical (unpaired) electrons. The summed E-state index contributed by atoms with van der Waals surface area (Å²) in [5.41, 5.74) is 2.91. The lowest BCUT2D eigenvalue weighted by Crippen LogP contribution is -2.16. The molecule has 0 saturated heterocycles. The average Bonchev–Trinajstić information content (AvgIpc) is 2.97. The smallest absolute Gasteiger partial charge is 0.339 e. The molecule has 0 saturated carbocycles. The quantitative estimate of drug-likeness (QED) is 0.684. The van der Waals surface area contributed by atoms with Crippen LogP contribution < -0.4 is 5.32 Å². The van der Waals surface area contributed by atoms with E-state index in [1.165, 1.54) is 7.11 Å². The van der Waals surface area contributed by atoms with Crippen LogP contribution in [0.25, 0.3) is 10.9 Å². The van der Waals surface area contributed by atoms with Gasteiger partial charge in [0.1, 0.15) is 11.5 Å². The summed E-state index contributed by atoms with van der Waals surface area (Å²) in [5, 5.41) is 3.81. The van der Waals surface area contributed by atoms with Crippen LogP contribution in [0.2, 0.25) is 0 Å². The average molecular weight is 351 g/mol. The zero-order chi connectivity index (χ0) is 18.7. The van der Waals surface area contributed by atoms with Gasteiger partial charge in [-0.25, -0.2) is 9.78 Å². The maximum Gasteiger partial charge on any atom is 0.339 e. The molecular weight excluding hydrogens is 330 g/mol. The van der Waals surface area contributed by atoms with Crippen LogP contribution in [-0.4, -0.2) is 29.0 Å². The second-order valence-corrected chi connectivity index (χ2v) is 6.06. The summed E-state index contributed by atoms with van der Waals surface area (Å²) in [7, 11) is 1.34. The first-order chi connectivity index (χ1) is 12.5. The molecule has 2 aromatic heterocycles. The molecule has 0 spiro atoms. The lowest BCUT2D eigenvalue weighted by Gasteiger charge is -2.07. The molecule has 0 atom stereocenters. The molecule has 0 aliphatic rings. The molecule has 26 heavy (non-hydrogen) atoms. The third-order valence-electron chi connectivity index (χ3n) is 4.25. The zero-order valence-corrected chi connectivity index (χ0v) is 15.1. The van der Waals surface area contributed by atoms with Crippen LogP contribution in [0.1, 0.15) is 45.4 Å². The van der Waals surface area contributed by atoms with Crippen LogP contribution in [0.4, 0.5) is 5.82 Å². The van der Waals surface area contributed by atoms with Gasteiger partial charge in [-0.05, 0) is 37.1 Å². The van der Waals surface area contributed by atoms with E-state index in [-0.39, 0.29) is 5.91 Å². The van der Waals surface area contributed by atoms with Gasteiger partial charge < -0.3 is 15.0 Å². The fourth-order valence-electron chi connectivity index (χ4n) is 3.06. The van der Waals surface area contributed by atoms with Crippen molar-refractivity contribution in [1.82, 2.24) is 9.97 Å². The Balaban J connectivity index is 1.94. The number of amides is 1. The van der Waals surface area contributed by atoms with E-state index >= 15 is 0 Å². The number of fused-ring (bicyclic) bond motifs is 1. The first kappa shape index (κ1) is 17.7. The van der Waals surface area contributed by atoms with Crippen molar-refractivity contribution < 1.29 is 14.3 Å². The maximum absolute atomic E-state index is 12.8. The molecule has 6 heteroatoms. The third-order valence-corrected chi connectivity index (χ3v) is 4.25. The Labute approximate surface area is 151 Å². The second-order valence-electron chi connectivity index (χ2n) is 6.06. The molecule has 3 aromatic rings. The van der Waals surface area contributed by atoms with Gasteiger partial charge >= 0.3 is 5.97 Å². The topological polar surface area (TPSA) is 84.1 Å². The van der Waals surface area contributed by atoms with Gasteiger partial charge in [-0.3, -0.25) is 4.79 Å². The summed E-state index contributed by atoms with van der Waals surface area (Å²) >= 11 is 0. The summed E-state index contributed by atoms with van der Waals surface area (Å²) in [6.07, 6.45) is 1.40. The highest BCUT2D eigenvalue weighted by Gasteiger charge is 2.24. The number of carbonyl (C=O) groups is 2. The number of ether oxygens (including phenoxy) is 1. The van der Waals surface area contributed by atoms with Crippen LogP contribution in [0.5, 0.6) is 0 Å². The van der Waals surface area contributed by atoms with E-state index in [2.05, 4.69) is 15.3 Å². The highest BCUT2D eigenvalue weighted by atomic mass is 16.5. The van der Waals surface area contributed by atoms with Gasteiger partial charge in [0.15, 0.2) is 0 Å². The van der Waals surface area contributed by atoms with Crippen LogP contribution in [0.3, 0.4) is 0 Å². The largest absolute Gasteiger partial charge is 0.465 e. The Morgan fingerprint density at radius 1 is 1.19 bits per heavy atom. The van der Waals surface area contributed by atoms with Gasteiger partial charge in [0.05, 0.1) is 18.2 Å². The van der Waals surface area contributed by atoms with Crippen molar-refractivity contribution in [2.75, 3.05) is 12.4 Å². The Bertz CT molecular complexity index is 976. The van der Waals surface area contributed by atoms with Crippen molar-refractivity contribution in [3.8, 4) is 0 Å². The fraction of sp³-hybridized carbons (Fsp3) is 0.250. The van der Waals surface area contributed by atoms with E-state index in [4.69, 9.17) is 4.74 Å². The number of pyridine rings is 1. The third kappa shape index (κ3) is 3.31. The number of para-hydroxylation sites is 1. The minimum Gasteiger partial charge on any atom is -0.465 e. The number of nitrogens with zero attached hydrogens (tertiary/aromatic N) is 1. The lowest BCUT2D eigenvalue weighted by atomic mass is 10.0. The number of carbonyl (C=O) groups excluding carboxylic acids is 2. The molecule has 134 valence electrons. The summed E-state index contributed by atoms with van der Waals surface area (Å²) in [6.45, 7) is 3.76. The van der Waals surface area contributed by atoms with Crippen molar-refractivity contribution in [2.24, 2.45) is 0 Å². The van der Waals surface area contributed by atoms with Gasteiger partial charge in [-0.1, -0.05) is 31.5 Å². The molecule has 0 bridgehead atoms. The molecular formula is C20H21N3O3.